The number of aromatic amines is 1. The third-order valence-electron chi connectivity index (χ3n) is 5.71. The number of H-pyrrole nitrogens is 1. The molecule has 0 unspecified atom stereocenters. The monoisotopic (exact) mass is 420 g/mol. The van der Waals surface area contributed by atoms with Crippen LogP contribution in [0.15, 0.2) is 60.0 Å². The predicted octanol–water partition coefficient (Wildman–Crippen LogP) is 3.71. The third kappa shape index (κ3) is 3.52. The molecule has 0 saturated carbocycles. The predicted molar refractivity (Wildman–Crippen MR) is 116 cm³/mol. The molecular weight excluding hydrogens is 396 g/mol. The number of nitrogens with zero attached hydrogens (tertiary/aromatic N) is 1. The lowest BCUT2D eigenvalue weighted by Crippen LogP contribution is -2.33. The fourth-order valence-electron chi connectivity index (χ4n) is 4.20. The van der Waals surface area contributed by atoms with Gasteiger partial charge in [-0.25, -0.2) is 0 Å². The van der Waals surface area contributed by atoms with Crippen molar-refractivity contribution in [1.82, 2.24) is 9.88 Å². The number of benzene rings is 2. The summed E-state index contributed by atoms with van der Waals surface area (Å²) in [4.78, 5) is 30.1. The molecule has 0 aliphatic carbocycles. The summed E-state index contributed by atoms with van der Waals surface area (Å²) in [7, 11) is 3.06. The van der Waals surface area contributed by atoms with Gasteiger partial charge in [0.1, 0.15) is 11.5 Å². The van der Waals surface area contributed by atoms with Gasteiger partial charge in [-0.2, -0.15) is 0 Å². The van der Waals surface area contributed by atoms with Crippen LogP contribution in [0.4, 0.5) is 0 Å². The first-order valence-corrected chi connectivity index (χ1v) is 9.98. The van der Waals surface area contributed by atoms with Crippen molar-refractivity contribution in [2.45, 2.75) is 19.4 Å². The number of aliphatic hydroxyl groups excluding tert-OH is 1. The highest BCUT2D eigenvalue weighted by atomic mass is 16.5. The van der Waals surface area contributed by atoms with Crippen LogP contribution in [0, 0.1) is 0 Å². The maximum absolute atomic E-state index is 13.0. The zero-order valence-corrected chi connectivity index (χ0v) is 17.6. The van der Waals surface area contributed by atoms with E-state index in [1.165, 1.54) is 18.9 Å². The summed E-state index contributed by atoms with van der Waals surface area (Å²) in [6.45, 7) is 1.66. The zero-order chi connectivity index (χ0) is 22.1. The van der Waals surface area contributed by atoms with Gasteiger partial charge in [-0.05, 0) is 43.2 Å². The number of hydrogen-bond acceptors (Lipinski definition) is 5. The Balaban J connectivity index is 1.74. The number of Topliss-reactive ketones (excluding diaryl/α,β-unsaturated/α-hetero) is 1. The van der Waals surface area contributed by atoms with Crippen molar-refractivity contribution in [3.05, 3.63) is 71.1 Å². The van der Waals surface area contributed by atoms with Crippen molar-refractivity contribution in [1.29, 1.82) is 0 Å². The standard InChI is InChI=1S/C24H24N2O5/c1-14(27)21-22(18-12-16(30-2)8-9-20(18)31-3)26(24(29)23(21)28)11-10-15-13-25-19-7-5-4-6-17(15)19/h4-9,12-13,22,25,28H,10-11H2,1-3H3/t22-/m0/s1. The van der Waals surface area contributed by atoms with Gasteiger partial charge in [-0.3, -0.25) is 9.59 Å². The molecule has 1 aliphatic heterocycles. The summed E-state index contributed by atoms with van der Waals surface area (Å²) < 4.78 is 10.8. The SMILES string of the molecule is COc1ccc(OC)c([C@H]2C(C(C)=O)=C(O)C(=O)N2CCc2c[nH]c3ccccc23)c1. The Morgan fingerprint density at radius 1 is 1.16 bits per heavy atom. The summed E-state index contributed by atoms with van der Waals surface area (Å²) in [6, 6.07) is 12.4. The van der Waals surface area contributed by atoms with Gasteiger partial charge in [0.25, 0.3) is 5.91 Å². The molecule has 7 nitrogen and oxygen atoms in total. The van der Waals surface area contributed by atoms with E-state index in [1.807, 2.05) is 30.5 Å². The van der Waals surface area contributed by atoms with Gasteiger partial charge in [0.15, 0.2) is 11.5 Å². The quantitative estimate of drug-likeness (QED) is 0.608. The maximum atomic E-state index is 13.0. The average Bonchev–Trinajstić information content (AvgIpc) is 3.30. The number of ether oxygens (including phenoxy) is 2. The topological polar surface area (TPSA) is 91.9 Å². The van der Waals surface area contributed by atoms with Crippen LogP contribution in [0.25, 0.3) is 10.9 Å². The maximum Gasteiger partial charge on any atom is 0.290 e. The number of hydrogen-bond donors (Lipinski definition) is 2. The number of amides is 1. The molecule has 0 bridgehead atoms. The Morgan fingerprint density at radius 3 is 2.65 bits per heavy atom. The molecule has 2 aromatic carbocycles. The number of fused-ring (bicyclic) bond motifs is 1. The Hall–Kier alpha value is -3.74. The van der Waals surface area contributed by atoms with Crippen LogP contribution in [-0.2, 0) is 16.0 Å². The molecule has 0 spiro atoms. The summed E-state index contributed by atoms with van der Waals surface area (Å²) in [5, 5.41) is 11.6. The Bertz CT molecular complexity index is 1190. The molecule has 2 heterocycles. The lowest BCUT2D eigenvalue weighted by atomic mass is 9.95. The number of aliphatic hydroxyl groups is 1. The summed E-state index contributed by atoms with van der Waals surface area (Å²) in [5.74, 6) is -0.380. The first-order chi connectivity index (χ1) is 15.0. The van der Waals surface area contributed by atoms with Gasteiger partial charge in [-0.15, -0.1) is 0 Å². The van der Waals surface area contributed by atoms with Crippen LogP contribution >= 0.6 is 0 Å². The molecular formula is C24H24N2O5. The molecule has 0 fully saturated rings. The zero-order valence-electron chi connectivity index (χ0n) is 17.6. The summed E-state index contributed by atoms with van der Waals surface area (Å²) in [6.07, 6.45) is 2.47. The number of nitrogens with one attached hydrogen (secondary N) is 1. The fraction of sp³-hybridized carbons (Fsp3) is 0.250. The van der Waals surface area contributed by atoms with E-state index in [9.17, 15) is 14.7 Å². The second-order valence-electron chi connectivity index (χ2n) is 7.44. The van der Waals surface area contributed by atoms with E-state index in [0.717, 1.165) is 16.5 Å². The van der Waals surface area contributed by atoms with Crippen molar-refractivity contribution < 1.29 is 24.2 Å². The summed E-state index contributed by atoms with van der Waals surface area (Å²) >= 11 is 0. The number of aromatic nitrogens is 1. The smallest absolute Gasteiger partial charge is 0.290 e. The highest BCUT2D eigenvalue weighted by Gasteiger charge is 2.43. The number of carbonyl (C=O) groups excluding carboxylic acids is 2. The number of ketones is 1. The second kappa shape index (κ2) is 8.18. The molecule has 1 aliphatic rings. The number of carbonyl (C=O) groups is 2. The minimum absolute atomic E-state index is 0.0653. The van der Waals surface area contributed by atoms with Crippen LogP contribution in [0.5, 0.6) is 11.5 Å². The Kier molecular flexibility index (Phi) is 5.42. The fourth-order valence-corrected chi connectivity index (χ4v) is 4.20. The van der Waals surface area contributed by atoms with Crippen molar-refractivity contribution in [3.63, 3.8) is 0 Å². The molecule has 1 amide bonds. The second-order valence-corrected chi connectivity index (χ2v) is 7.44. The molecule has 160 valence electrons. The van der Waals surface area contributed by atoms with Crippen molar-refractivity contribution in [2.24, 2.45) is 0 Å². The van der Waals surface area contributed by atoms with Gasteiger partial charge < -0.3 is 24.5 Å². The first kappa shape index (κ1) is 20.5. The molecule has 0 radical (unpaired) electrons. The lowest BCUT2D eigenvalue weighted by molar-refractivity contribution is -0.129. The van der Waals surface area contributed by atoms with Crippen molar-refractivity contribution in [2.75, 3.05) is 20.8 Å². The molecule has 4 rings (SSSR count). The van der Waals surface area contributed by atoms with E-state index in [0.29, 0.717) is 30.0 Å². The van der Waals surface area contributed by atoms with Crippen LogP contribution in [0.1, 0.15) is 24.1 Å². The van der Waals surface area contributed by atoms with Crippen LogP contribution < -0.4 is 9.47 Å². The van der Waals surface area contributed by atoms with Crippen LogP contribution in [0.2, 0.25) is 0 Å². The molecule has 3 aromatic rings. The highest BCUT2D eigenvalue weighted by molar-refractivity contribution is 6.08. The van der Waals surface area contributed by atoms with Crippen molar-refractivity contribution in [3.8, 4) is 11.5 Å². The number of rotatable bonds is 7. The van der Waals surface area contributed by atoms with Gasteiger partial charge >= 0.3 is 0 Å². The van der Waals surface area contributed by atoms with Crippen molar-refractivity contribution >= 4 is 22.6 Å². The first-order valence-electron chi connectivity index (χ1n) is 9.98. The minimum atomic E-state index is -0.764. The van der Waals surface area contributed by atoms with Crippen LogP contribution in [-0.4, -0.2) is 47.4 Å². The van der Waals surface area contributed by atoms with Gasteiger partial charge in [0, 0.05) is 29.2 Å². The summed E-state index contributed by atoms with van der Waals surface area (Å²) in [5.41, 5.74) is 2.72. The van der Waals surface area contributed by atoms with E-state index in [2.05, 4.69) is 4.98 Å². The molecule has 31 heavy (non-hydrogen) atoms. The van der Waals surface area contributed by atoms with Gasteiger partial charge in [0.2, 0.25) is 0 Å². The Labute approximate surface area is 179 Å². The largest absolute Gasteiger partial charge is 0.503 e. The van der Waals surface area contributed by atoms with E-state index < -0.39 is 17.7 Å². The average molecular weight is 420 g/mol. The minimum Gasteiger partial charge on any atom is -0.503 e. The van der Waals surface area contributed by atoms with E-state index in [1.54, 1.807) is 25.3 Å². The van der Waals surface area contributed by atoms with Gasteiger partial charge in [0.05, 0.1) is 25.8 Å². The Morgan fingerprint density at radius 2 is 1.94 bits per heavy atom. The highest BCUT2D eigenvalue weighted by Crippen LogP contribution is 2.42. The normalized spacial score (nSPS) is 16.3. The lowest BCUT2D eigenvalue weighted by Gasteiger charge is -2.28. The molecule has 1 aromatic heterocycles. The number of methoxy groups -OCH3 is 2. The van der Waals surface area contributed by atoms with E-state index in [-0.39, 0.29) is 11.4 Å². The van der Waals surface area contributed by atoms with E-state index in [4.69, 9.17) is 9.47 Å². The molecule has 7 heteroatoms. The van der Waals surface area contributed by atoms with Gasteiger partial charge in [-0.1, -0.05) is 18.2 Å². The third-order valence-corrected chi connectivity index (χ3v) is 5.71. The van der Waals surface area contributed by atoms with E-state index >= 15 is 0 Å². The number of para-hydroxylation sites is 1. The molecule has 1 atom stereocenters. The molecule has 0 saturated heterocycles. The van der Waals surface area contributed by atoms with Crippen LogP contribution in [0.3, 0.4) is 0 Å². The molecule has 2 N–H and O–H groups in total.